The van der Waals surface area contributed by atoms with Gasteiger partial charge in [0.25, 0.3) is 11.5 Å². The molecule has 1 heterocycles. The van der Waals surface area contributed by atoms with E-state index in [1.807, 2.05) is 32.0 Å². The van der Waals surface area contributed by atoms with Crippen molar-refractivity contribution in [2.24, 2.45) is 0 Å². The van der Waals surface area contributed by atoms with Gasteiger partial charge in [0.05, 0.1) is 12.2 Å². The molecule has 0 saturated heterocycles. The first-order valence-electron chi connectivity index (χ1n) is 8.84. The number of nitrogens with one attached hydrogen (secondary N) is 2. The lowest BCUT2D eigenvalue weighted by molar-refractivity contribution is 0.0524. The highest BCUT2D eigenvalue weighted by atomic mass is 16.5. The van der Waals surface area contributed by atoms with E-state index in [1.54, 1.807) is 13.0 Å². The number of esters is 1. The molecule has 0 aliphatic rings. The van der Waals surface area contributed by atoms with Crippen LogP contribution in [0, 0.1) is 0 Å². The highest BCUT2D eigenvalue weighted by molar-refractivity contribution is 6.05. The highest BCUT2D eigenvalue weighted by Gasteiger charge is 2.20. The van der Waals surface area contributed by atoms with E-state index >= 15 is 0 Å². The maximum Gasteiger partial charge on any atom is 0.339 e. The monoisotopic (exact) mass is 356 g/mol. The number of amides is 1. The second kappa shape index (κ2) is 8.99. The van der Waals surface area contributed by atoms with Crippen LogP contribution < -0.4 is 10.9 Å². The molecule has 0 aliphatic carbocycles. The first-order chi connectivity index (χ1) is 12.5. The Kier molecular flexibility index (Phi) is 6.72. The van der Waals surface area contributed by atoms with E-state index in [9.17, 15) is 14.4 Å². The predicted molar refractivity (Wildman–Crippen MR) is 101 cm³/mol. The molecule has 0 spiro atoms. The zero-order valence-corrected chi connectivity index (χ0v) is 15.3. The summed E-state index contributed by atoms with van der Waals surface area (Å²) in [6.45, 7) is 5.85. The molecule has 6 heteroatoms. The van der Waals surface area contributed by atoms with Gasteiger partial charge in [0.15, 0.2) is 0 Å². The topological polar surface area (TPSA) is 88.3 Å². The van der Waals surface area contributed by atoms with Gasteiger partial charge >= 0.3 is 5.97 Å². The third-order valence-corrected chi connectivity index (χ3v) is 4.01. The molecule has 0 aliphatic heterocycles. The summed E-state index contributed by atoms with van der Waals surface area (Å²) in [4.78, 5) is 39.9. The second-order valence-electron chi connectivity index (χ2n) is 5.84. The summed E-state index contributed by atoms with van der Waals surface area (Å²) in [5.41, 5.74) is 1.69. The van der Waals surface area contributed by atoms with E-state index in [0.29, 0.717) is 17.8 Å². The number of hydrogen-bond donors (Lipinski definition) is 2. The number of pyridine rings is 1. The Morgan fingerprint density at radius 2 is 1.85 bits per heavy atom. The number of benzene rings is 1. The molecule has 26 heavy (non-hydrogen) atoms. The third kappa shape index (κ3) is 4.39. The number of ether oxygens (including phenoxy) is 1. The number of anilines is 1. The van der Waals surface area contributed by atoms with Gasteiger partial charge in [-0.2, -0.15) is 0 Å². The molecule has 0 saturated carbocycles. The van der Waals surface area contributed by atoms with Crippen molar-refractivity contribution in [3.8, 4) is 0 Å². The molecule has 2 aromatic rings. The third-order valence-electron chi connectivity index (χ3n) is 4.01. The predicted octanol–water partition coefficient (Wildman–Crippen LogP) is 3.32. The minimum absolute atomic E-state index is 0.112. The maximum absolute atomic E-state index is 12.6. The standard InChI is InChI=1S/C20H24N2O4/c1-4-9-17-14(20(25)26-6-3)12-15(19(24)22-17)18(23)21-16-11-8-7-10-13(16)5-2/h7-8,10-12H,4-6,9H2,1-3H3,(H,21,23)(H,22,24). The van der Waals surface area contributed by atoms with Crippen molar-refractivity contribution in [3.63, 3.8) is 0 Å². The van der Waals surface area contributed by atoms with Crippen LogP contribution in [-0.2, 0) is 17.6 Å². The van der Waals surface area contributed by atoms with Gasteiger partial charge in [-0.25, -0.2) is 4.79 Å². The minimum Gasteiger partial charge on any atom is -0.462 e. The molecular formula is C20H24N2O4. The van der Waals surface area contributed by atoms with Crippen molar-refractivity contribution in [3.05, 3.63) is 63.1 Å². The molecule has 2 rings (SSSR count). The fourth-order valence-corrected chi connectivity index (χ4v) is 2.72. The van der Waals surface area contributed by atoms with Gasteiger partial charge in [-0.15, -0.1) is 0 Å². The van der Waals surface area contributed by atoms with Gasteiger partial charge in [-0.1, -0.05) is 38.5 Å². The highest BCUT2D eigenvalue weighted by Crippen LogP contribution is 2.17. The van der Waals surface area contributed by atoms with Crippen molar-refractivity contribution in [1.29, 1.82) is 0 Å². The van der Waals surface area contributed by atoms with Crippen LogP contribution in [0.5, 0.6) is 0 Å². The Morgan fingerprint density at radius 1 is 1.12 bits per heavy atom. The molecule has 0 fully saturated rings. The summed E-state index contributed by atoms with van der Waals surface area (Å²) in [5.74, 6) is -1.10. The number of aryl methyl sites for hydroxylation is 2. The average Bonchev–Trinajstić information content (AvgIpc) is 2.62. The first-order valence-corrected chi connectivity index (χ1v) is 8.84. The van der Waals surface area contributed by atoms with Crippen LogP contribution >= 0.6 is 0 Å². The Morgan fingerprint density at radius 3 is 2.50 bits per heavy atom. The molecule has 0 unspecified atom stereocenters. The van der Waals surface area contributed by atoms with E-state index < -0.39 is 17.4 Å². The van der Waals surface area contributed by atoms with Gasteiger partial charge in [-0.3, -0.25) is 9.59 Å². The van der Waals surface area contributed by atoms with Crippen molar-refractivity contribution in [2.75, 3.05) is 11.9 Å². The molecule has 6 nitrogen and oxygen atoms in total. The molecule has 138 valence electrons. The van der Waals surface area contributed by atoms with Crippen LogP contribution in [0.25, 0.3) is 0 Å². The molecule has 0 atom stereocenters. The van der Waals surface area contributed by atoms with Gasteiger partial charge in [-0.05, 0) is 37.5 Å². The fourth-order valence-electron chi connectivity index (χ4n) is 2.72. The number of carbonyl (C=O) groups is 2. The van der Waals surface area contributed by atoms with Gasteiger partial charge in [0.1, 0.15) is 5.56 Å². The second-order valence-corrected chi connectivity index (χ2v) is 5.84. The van der Waals surface area contributed by atoms with Crippen molar-refractivity contribution in [2.45, 2.75) is 40.0 Å². The smallest absolute Gasteiger partial charge is 0.339 e. The lowest BCUT2D eigenvalue weighted by Crippen LogP contribution is -2.26. The van der Waals surface area contributed by atoms with E-state index in [1.165, 1.54) is 6.07 Å². The Bertz CT molecular complexity index is 855. The lowest BCUT2D eigenvalue weighted by atomic mass is 10.1. The van der Waals surface area contributed by atoms with E-state index in [-0.39, 0.29) is 17.7 Å². The lowest BCUT2D eigenvalue weighted by Gasteiger charge is -2.12. The summed E-state index contributed by atoms with van der Waals surface area (Å²) in [7, 11) is 0. The van der Waals surface area contributed by atoms with Crippen LogP contribution in [0.4, 0.5) is 5.69 Å². The van der Waals surface area contributed by atoms with Crippen molar-refractivity contribution in [1.82, 2.24) is 4.98 Å². The van der Waals surface area contributed by atoms with Crippen LogP contribution in [0.1, 0.15) is 59.2 Å². The molecule has 2 N–H and O–H groups in total. The van der Waals surface area contributed by atoms with Crippen LogP contribution in [0.3, 0.4) is 0 Å². The molecule has 1 aromatic carbocycles. The Hall–Kier alpha value is -2.89. The van der Waals surface area contributed by atoms with Crippen molar-refractivity contribution < 1.29 is 14.3 Å². The summed E-state index contributed by atoms with van der Waals surface area (Å²) in [6.07, 6.45) is 2.01. The summed E-state index contributed by atoms with van der Waals surface area (Å²) < 4.78 is 5.05. The number of aromatic nitrogens is 1. The number of H-pyrrole nitrogens is 1. The maximum atomic E-state index is 12.6. The SMILES string of the molecule is CCCc1[nH]c(=O)c(C(=O)Nc2ccccc2CC)cc1C(=O)OCC. The fraction of sp³-hybridized carbons (Fsp3) is 0.350. The van der Waals surface area contributed by atoms with Gasteiger partial charge < -0.3 is 15.0 Å². The van der Waals surface area contributed by atoms with Crippen LogP contribution in [0.2, 0.25) is 0 Å². The Balaban J connectivity index is 2.41. The summed E-state index contributed by atoms with van der Waals surface area (Å²) >= 11 is 0. The summed E-state index contributed by atoms with van der Waals surface area (Å²) in [5, 5.41) is 2.76. The number of aromatic amines is 1. The zero-order valence-electron chi connectivity index (χ0n) is 15.3. The van der Waals surface area contributed by atoms with Crippen LogP contribution in [-0.4, -0.2) is 23.5 Å². The van der Waals surface area contributed by atoms with E-state index in [0.717, 1.165) is 18.4 Å². The molecule has 0 radical (unpaired) electrons. The molecular weight excluding hydrogens is 332 g/mol. The first kappa shape index (κ1) is 19.4. The molecule has 1 aromatic heterocycles. The van der Waals surface area contributed by atoms with Crippen molar-refractivity contribution >= 4 is 17.6 Å². The number of carbonyl (C=O) groups excluding carboxylic acids is 2. The van der Waals surface area contributed by atoms with E-state index in [2.05, 4.69) is 10.3 Å². The normalized spacial score (nSPS) is 10.4. The van der Waals surface area contributed by atoms with Gasteiger partial charge in [0.2, 0.25) is 0 Å². The zero-order chi connectivity index (χ0) is 19.1. The largest absolute Gasteiger partial charge is 0.462 e. The Labute approximate surface area is 152 Å². The average molecular weight is 356 g/mol. The van der Waals surface area contributed by atoms with E-state index in [4.69, 9.17) is 4.74 Å². The van der Waals surface area contributed by atoms with Crippen LogP contribution in [0.15, 0.2) is 35.1 Å². The quantitative estimate of drug-likeness (QED) is 0.745. The minimum atomic E-state index is -0.555. The number of para-hydroxylation sites is 1. The number of rotatable bonds is 7. The molecule has 0 bridgehead atoms. The summed E-state index contributed by atoms with van der Waals surface area (Å²) in [6, 6.07) is 8.72. The molecule has 1 amide bonds. The number of hydrogen-bond acceptors (Lipinski definition) is 4. The van der Waals surface area contributed by atoms with Gasteiger partial charge in [0, 0.05) is 11.4 Å².